The van der Waals surface area contributed by atoms with Crippen molar-refractivity contribution in [2.45, 2.75) is 45.4 Å². The molecule has 3 aromatic rings. The Hall–Kier alpha value is -4.34. The van der Waals surface area contributed by atoms with Gasteiger partial charge in [0.1, 0.15) is 12.6 Å². The lowest BCUT2D eigenvalue weighted by Crippen LogP contribution is -2.49. The SMILES string of the molecule is CC(C)(C)NC(=O)NC(=O)COC(=O)[C@@H](Cc1c[nH]c2ccccc12)NC(=O)OCc1ccccc1. The van der Waals surface area contributed by atoms with Crippen LogP contribution in [0.25, 0.3) is 10.9 Å². The smallest absolute Gasteiger partial charge is 0.408 e. The van der Waals surface area contributed by atoms with Crippen molar-refractivity contribution in [1.82, 2.24) is 20.9 Å². The first-order chi connectivity index (χ1) is 17.1. The lowest BCUT2D eigenvalue weighted by atomic mass is 10.1. The van der Waals surface area contributed by atoms with Crippen molar-refractivity contribution in [3.8, 4) is 0 Å². The van der Waals surface area contributed by atoms with Gasteiger partial charge in [0.25, 0.3) is 5.91 Å². The fourth-order valence-electron chi connectivity index (χ4n) is 3.39. The third kappa shape index (κ3) is 8.15. The van der Waals surface area contributed by atoms with Gasteiger partial charge < -0.3 is 25.1 Å². The Balaban J connectivity index is 1.63. The second kappa shape index (κ2) is 11.9. The number of carbonyl (C=O) groups excluding carboxylic acids is 4. The average Bonchev–Trinajstić information content (AvgIpc) is 3.23. The maximum Gasteiger partial charge on any atom is 0.408 e. The standard InChI is InChI=1S/C26H30N4O6/c1-26(2,3)30-24(33)29-22(31)16-35-23(32)21(13-18-14-27-20-12-8-7-11-19(18)20)28-25(34)36-15-17-9-5-4-6-10-17/h4-12,14,21,27H,13,15-16H2,1-3H3,(H,28,34)(H2,29,30,31,33)/t21-/m1/s1. The molecule has 0 bridgehead atoms. The van der Waals surface area contributed by atoms with Gasteiger partial charge in [0.15, 0.2) is 6.61 Å². The fourth-order valence-corrected chi connectivity index (χ4v) is 3.39. The number of hydrogen-bond donors (Lipinski definition) is 4. The Bertz CT molecular complexity index is 1220. The van der Waals surface area contributed by atoms with Crippen LogP contribution in [0.15, 0.2) is 60.8 Å². The highest BCUT2D eigenvalue weighted by atomic mass is 16.6. The molecule has 0 aliphatic rings. The molecule has 3 rings (SSSR count). The summed E-state index contributed by atoms with van der Waals surface area (Å²) in [7, 11) is 0. The highest BCUT2D eigenvalue weighted by molar-refractivity contribution is 5.96. The summed E-state index contributed by atoms with van der Waals surface area (Å²) in [5.74, 6) is -1.65. The lowest BCUT2D eigenvalue weighted by molar-refractivity contribution is -0.150. The van der Waals surface area contributed by atoms with Crippen LogP contribution in [0.2, 0.25) is 0 Å². The molecule has 4 N–H and O–H groups in total. The van der Waals surface area contributed by atoms with Crippen molar-refractivity contribution in [2.75, 3.05) is 6.61 Å². The number of carbonyl (C=O) groups is 4. The number of alkyl carbamates (subject to hydrolysis) is 1. The van der Waals surface area contributed by atoms with Gasteiger partial charge in [0.05, 0.1) is 0 Å². The third-order valence-electron chi connectivity index (χ3n) is 4.98. The van der Waals surface area contributed by atoms with Crippen molar-refractivity contribution in [3.05, 3.63) is 71.9 Å². The average molecular weight is 495 g/mol. The minimum Gasteiger partial charge on any atom is -0.454 e. The van der Waals surface area contributed by atoms with Gasteiger partial charge in [-0.2, -0.15) is 0 Å². The van der Waals surface area contributed by atoms with E-state index >= 15 is 0 Å². The molecular formula is C26H30N4O6. The number of imide groups is 1. The molecule has 0 unspecified atom stereocenters. The van der Waals surface area contributed by atoms with Crippen molar-refractivity contribution in [3.63, 3.8) is 0 Å². The second-order valence-corrected chi connectivity index (χ2v) is 9.18. The first kappa shape index (κ1) is 26.3. The molecule has 0 aliphatic heterocycles. The number of urea groups is 1. The molecule has 190 valence electrons. The van der Waals surface area contributed by atoms with Gasteiger partial charge in [-0.25, -0.2) is 14.4 Å². The molecule has 0 fully saturated rings. The highest BCUT2D eigenvalue weighted by Crippen LogP contribution is 2.19. The van der Waals surface area contributed by atoms with Crippen LogP contribution in [-0.2, 0) is 32.1 Å². The fraction of sp³-hybridized carbons (Fsp3) is 0.308. The summed E-state index contributed by atoms with van der Waals surface area (Å²) in [5.41, 5.74) is 1.88. The first-order valence-corrected chi connectivity index (χ1v) is 11.4. The number of nitrogens with one attached hydrogen (secondary N) is 4. The van der Waals surface area contributed by atoms with Gasteiger partial charge in [-0.05, 0) is 38.0 Å². The van der Waals surface area contributed by atoms with E-state index < -0.39 is 42.2 Å². The van der Waals surface area contributed by atoms with E-state index in [0.717, 1.165) is 22.0 Å². The lowest BCUT2D eigenvalue weighted by Gasteiger charge is -2.20. The monoisotopic (exact) mass is 494 g/mol. The summed E-state index contributed by atoms with van der Waals surface area (Å²) >= 11 is 0. The van der Waals surface area contributed by atoms with Gasteiger partial charge in [-0.3, -0.25) is 10.1 Å². The maximum atomic E-state index is 12.9. The molecule has 36 heavy (non-hydrogen) atoms. The minimum atomic E-state index is -1.14. The first-order valence-electron chi connectivity index (χ1n) is 11.4. The summed E-state index contributed by atoms with van der Waals surface area (Å²) < 4.78 is 10.4. The third-order valence-corrected chi connectivity index (χ3v) is 4.98. The van der Waals surface area contributed by atoms with E-state index in [2.05, 4.69) is 20.9 Å². The summed E-state index contributed by atoms with van der Waals surface area (Å²) in [6.45, 7) is 4.60. The van der Waals surface area contributed by atoms with Crippen LogP contribution in [0, 0.1) is 0 Å². The molecule has 1 aromatic heterocycles. The zero-order valence-electron chi connectivity index (χ0n) is 20.4. The molecule has 0 spiro atoms. The Morgan fingerprint density at radius 1 is 0.944 bits per heavy atom. The number of ether oxygens (including phenoxy) is 2. The van der Waals surface area contributed by atoms with Crippen molar-refractivity contribution < 1.29 is 28.7 Å². The number of aromatic nitrogens is 1. The van der Waals surface area contributed by atoms with Crippen LogP contribution in [0.1, 0.15) is 31.9 Å². The Morgan fingerprint density at radius 2 is 1.64 bits per heavy atom. The molecule has 10 nitrogen and oxygen atoms in total. The molecule has 2 aromatic carbocycles. The number of hydrogen-bond acceptors (Lipinski definition) is 6. The Labute approximate surface area is 208 Å². The number of H-pyrrole nitrogens is 1. The predicted molar refractivity (Wildman–Crippen MR) is 133 cm³/mol. The van der Waals surface area contributed by atoms with E-state index in [1.165, 1.54) is 0 Å². The zero-order chi connectivity index (χ0) is 26.1. The molecule has 1 heterocycles. The molecule has 0 aliphatic carbocycles. The van der Waals surface area contributed by atoms with Crippen LogP contribution in [0.3, 0.4) is 0 Å². The summed E-state index contributed by atoms with van der Waals surface area (Å²) in [5, 5.41) is 8.07. The van der Waals surface area contributed by atoms with E-state index in [1.807, 2.05) is 42.5 Å². The van der Waals surface area contributed by atoms with Crippen LogP contribution in [0.4, 0.5) is 9.59 Å². The van der Waals surface area contributed by atoms with Gasteiger partial charge in [-0.1, -0.05) is 48.5 Å². The highest BCUT2D eigenvalue weighted by Gasteiger charge is 2.26. The largest absolute Gasteiger partial charge is 0.454 e. The number of para-hydroxylation sites is 1. The number of esters is 1. The van der Waals surface area contributed by atoms with Crippen molar-refractivity contribution >= 4 is 34.9 Å². The molecule has 4 amide bonds. The number of fused-ring (bicyclic) bond motifs is 1. The molecule has 10 heteroatoms. The van der Waals surface area contributed by atoms with Crippen LogP contribution in [0.5, 0.6) is 0 Å². The summed E-state index contributed by atoms with van der Waals surface area (Å²) in [4.78, 5) is 52.4. The van der Waals surface area contributed by atoms with Gasteiger partial charge in [0.2, 0.25) is 0 Å². The Morgan fingerprint density at radius 3 is 2.36 bits per heavy atom. The molecule has 1 atom stereocenters. The summed E-state index contributed by atoms with van der Waals surface area (Å²) in [6, 6.07) is 14.8. The molecule has 0 saturated carbocycles. The number of benzene rings is 2. The second-order valence-electron chi connectivity index (χ2n) is 9.18. The quantitative estimate of drug-likeness (QED) is 0.355. The molecule has 0 saturated heterocycles. The van der Waals surface area contributed by atoms with E-state index in [-0.39, 0.29) is 13.0 Å². The Kier molecular flexibility index (Phi) is 8.66. The number of aromatic amines is 1. The van der Waals surface area contributed by atoms with Crippen LogP contribution >= 0.6 is 0 Å². The summed E-state index contributed by atoms with van der Waals surface area (Å²) in [6.07, 6.45) is 1.02. The van der Waals surface area contributed by atoms with E-state index in [0.29, 0.717) is 0 Å². The van der Waals surface area contributed by atoms with Crippen molar-refractivity contribution in [1.29, 1.82) is 0 Å². The normalized spacial score (nSPS) is 11.9. The van der Waals surface area contributed by atoms with Gasteiger partial charge >= 0.3 is 18.1 Å². The predicted octanol–water partition coefficient (Wildman–Crippen LogP) is 3.17. The van der Waals surface area contributed by atoms with Crippen LogP contribution < -0.4 is 16.0 Å². The molecular weight excluding hydrogens is 464 g/mol. The van der Waals surface area contributed by atoms with E-state index in [9.17, 15) is 19.2 Å². The topological polar surface area (TPSA) is 139 Å². The van der Waals surface area contributed by atoms with Crippen LogP contribution in [-0.4, -0.2) is 47.2 Å². The van der Waals surface area contributed by atoms with Gasteiger partial charge in [0, 0.05) is 29.1 Å². The number of rotatable bonds is 8. The molecule has 0 radical (unpaired) electrons. The van der Waals surface area contributed by atoms with E-state index in [4.69, 9.17) is 9.47 Å². The van der Waals surface area contributed by atoms with Crippen molar-refractivity contribution in [2.24, 2.45) is 0 Å². The van der Waals surface area contributed by atoms with Gasteiger partial charge in [-0.15, -0.1) is 0 Å². The zero-order valence-corrected chi connectivity index (χ0v) is 20.4. The maximum absolute atomic E-state index is 12.9. The van der Waals surface area contributed by atoms with E-state index in [1.54, 1.807) is 39.1 Å². The minimum absolute atomic E-state index is 0.0207. The number of amides is 4.